The van der Waals surface area contributed by atoms with Gasteiger partial charge in [-0.15, -0.1) is 0 Å². The van der Waals surface area contributed by atoms with Crippen LogP contribution < -0.4 is 0 Å². The van der Waals surface area contributed by atoms with Crippen molar-refractivity contribution in [3.63, 3.8) is 0 Å². The summed E-state index contributed by atoms with van der Waals surface area (Å²) >= 11 is -7.93. The number of rotatable bonds is 7. The van der Waals surface area contributed by atoms with Crippen molar-refractivity contribution in [2.45, 2.75) is 77.0 Å². The Morgan fingerprint density at radius 3 is 1.16 bits per heavy atom. The molecule has 0 aromatic heterocycles. The van der Waals surface area contributed by atoms with E-state index >= 15 is 0 Å². The van der Waals surface area contributed by atoms with Gasteiger partial charge in [-0.25, -0.2) is 0 Å². The van der Waals surface area contributed by atoms with Crippen molar-refractivity contribution in [3.8, 4) is 0 Å². The molecular weight excluding hydrogens is 826 g/mol. The van der Waals surface area contributed by atoms with Crippen LogP contribution in [0.2, 0.25) is 0 Å². The Kier molecular flexibility index (Phi) is 12.3. The summed E-state index contributed by atoms with van der Waals surface area (Å²) in [5.41, 5.74) is 0. The minimum atomic E-state index is -3.96. The Balaban J connectivity index is 1.68. The van der Waals surface area contributed by atoms with Gasteiger partial charge in [-0.3, -0.25) is 0 Å². The zero-order valence-corrected chi connectivity index (χ0v) is 24.2. The molecule has 2 rings (SSSR count). The molecule has 0 spiro atoms. The Morgan fingerprint density at radius 2 is 0.875 bits per heavy atom. The van der Waals surface area contributed by atoms with E-state index in [0.29, 0.717) is 25.7 Å². The van der Waals surface area contributed by atoms with Gasteiger partial charge in [0.1, 0.15) is 0 Å². The molecule has 0 aromatic carbocycles. The number of hydrogen-bond acceptors (Lipinski definition) is 12. The molecule has 0 radical (unpaired) electrons. The summed E-state index contributed by atoms with van der Waals surface area (Å²) in [4.78, 5) is 70.4. The quantitative estimate of drug-likeness (QED) is 0.264. The second-order valence-electron chi connectivity index (χ2n) is 6.85. The Labute approximate surface area is 203 Å². The van der Waals surface area contributed by atoms with E-state index in [1.54, 1.807) is 0 Å². The van der Waals surface area contributed by atoms with Gasteiger partial charge >= 0.3 is 205 Å². The zero-order chi connectivity index (χ0) is 23.3. The average molecular weight is 850 g/mol. The molecule has 12 nitrogen and oxygen atoms in total. The standard InChI is InChI=1S/3C6H10O4.2Bi/c3*7-5(8)3-1-2-4-6(9)10;;/h3*1-4H2,(H,7,8)(H,9,10);;/q;;;2*+3/p-6. The molecule has 32 heavy (non-hydrogen) atoms. The van der Waals surface area contributed by atoms with Crippen molar-refractivity contribution in [2.75, 3.05) is 0 Å². The first kappa shape index (κ1) is 26.8. The molecule has 0 unspecified atom stereocenters. The van der Waals surface area contributed by atoms with Crippen LogP contribution >= 0.6 is 0 Å². The van der Waals surface area contributed by atoms with Crippen LogP contribution in [0.5, 0.6) is 0 Å². The average Bonchev–Trinajstić information content (AvgIpc) is 2.83. The second kappa shape index (κ2) is 14.7. The summed E-state index contributed by atoms with van der Waals surface area (Å²) in [5.74, 6) is -3.57. The second-order valence-corrected chi connectivity index (χ2v) is 14.6. The van der Waals surface area contributed by atoms with Crippen LogP contribution in [0.4, 0.5) is 0 Å². The van der Waals surface area contributed by atoms with Crippen molar-refractivity contribution >= 4 is 82.0 Å². The van der Waals surface area contributed by atoms with Crippen molar-refractivity contribution in [1.29, 1.82) is 0 Å². The van der Waals surface area contributed by atoms with Crippen LogP contribution in [0.25, 0.3) is 0 Å². The van der Waals surface area contributed by atoms with E-state index in [1.165, 1.54) is 0 Å². The third-order valence-electron chi connectivity index (χ3n) is 4.09. The van der Waals surface area contributed by atoms with Crippen molar-refractivity contribution in [2.24, 2.45) is 0 Å². The van der Waals surface area contributed by atoms with E-state index in [-0.39, 0.29) is 51.4 Å². The van der Waals surface area contributed by atoms with Crippen molar-refractivity contribution < 1.29 is 45.6 Å². The third kappa shape index (κ3) is 11.5. The zero-order valence-electron chi connectivity index (χ0n) is 17.3. The van der Waals surface area contributed by atoms with E-state index in [0.717, 1.165) is 0 Å². The van der Waals surface area contributed by atoms with E-state index in [2.05, 4.69) is 0 Å². The molecular formula is C18H24Bi2O12. The molecule has 0 aliphatic carbocycles. The molecule has 0 atom stereocenters. The molecule has 2 fully saturated rings. The molecule has 14 heteroatoms. The maximum atomic E-state index is 12.0. The van der Waals surface area contributed by atoms with Crippen LogP contribution in [0.15, 0.2) is 0 Å². The van der Waals surface area contributed by atoms with Crippen LogP contribution in [0.3, 0.4) is 0 Å². The molecule has 178 valence electrons. The first-order chi connectivity index (χ1) is 15.3. The van der Waals surface area contributed by atoms with Gasteiger partial charge in [0, 0.05) is 0 Å². The van der Waals surface area contributed by atoms with Crippen molar-refractivity contribution in [3.05, 3.63) is 0 Å². The predicted molar refractivity (Wildman–Crippen MR) is 103 cm³/mol. The summed E-state index contributed by atoms with van der Waals surface area (Å²) < 4.78 is 30.2. The molecule has 2 saturated heterocycles. The van der Waals surface area contributed by atoms with Crippen LogP contribution in [-0.4, -0.2) is 82.0 Å². The van der Waals surface area contributed by atoms with Crippen LogP contribution in [0.1, 0.15) is 77.0 Å². The molecule has 2 aliphatic rings. The summed E-state index contributed by atoms with van der Waals surface area (Å²) in [6.45, 7) is 0. The number of carbonyl (C=O) groups is 6. The van der Waals surface area contributed by atoms with Gasteiger partial charge in [0.05, 0.1) is 0 Å². The first-order valence-corrected chi connectivity index (χ1v) is 18.7. The number of hydrogen-bond donors (Lipinski definition) is 0. The Bertz CT molecular complexity index is 625. The van der Waals surface area contributed by atoms with Gasteiger partial charge in [-0.1, -0.05) is 0 Å². The molecule has 2 heterocycles. The topological polar surface area (TPSA) is 158 Å². The van der Waals surface area contributed by atoms with Gasteiger partial charge in [-0.05, 0) is 0 Å². The van der Waals surface area contributed by atoms with E-state index < -0.39 is 82.0 Å². The van der Waals surface area contributed by atoms with Gasteiger partial charge in [0.25, 0.3) is 0 Å². The number of carbonyl (C=O) groups excluding carboxylic acids is 6. The normalized spacial score (nSPS) is 19.4. The van der Waals surface area contributed by atoms with Gasteiger partial charge in [0.15, 0.2) is 0 Å². The van der Waals surface area contributed by atoms with Crippen LogP contribution in [-0.2, 0) is 45.6 Å². The van der Waals surface area contributed by atoms with Crippen LogP contribution in [0, 0.1) is 0 Å². The fraction of sp³-hybridized carbons (Fsp3) is 0.667. The van der Waals surface area contributed by atoms with E-state index in [1.807, 2.05) is 0 Å². The van der Waals surface area contributed by atoms with Crippen molar-refractivity contribution in [1.82, 2.24) is 0 Å². The Morgan fingerprint density at radius 1 is 0.594 bits per heavy atom. The van der Waals surface area contributed by atoms with Gasteiger partial charge in [-0.2, -0.15) is 0 Å². The molecule has 0 amide bonds. The fourth-order valence-corrected chi connectivity index (χ4v) is 9.38. The summed E-state index contributed by atoms with van der Waals surface area (Å²) in [6.07, 6.45) is 2.90. The number of unbranched alkanes of at least 4 members (excludes halogenated alkanes) is 1. The third-order valence-corrected chi connectivity index (χ3v) is 12.3. The first-order valence-electron chi connectivity index (χ1n) is 10.2. The monoisotopic (exact) mass is 850 g/mol. The van der Waals surface area contributed by atoms with Gasteiger partial charge in [0.2, 0.25) is 0 Å². The maximum absolute atomic E-state index is 12.0. The molecule has 2 aliphatic heterocycles. The fourth-order valence-electron chi connectivity index (χ4n) is 2.50. The summed E-state index contributed by atoms with van der Waals surface area (Å²) in [5, 5.41) is 0. The Hall–Kier alpha value is -1.41. The molecule has 0 N–H and O–H groups in total. The summed E-state index contributed by atoms with van der Waals surface area (Å²) in [6, 6.07) is 0. The SMILES string of the molecule is O=C1CCCCC(=O)[O][Bi]([O]C(=O)CCCCC(=O)[O][Bi]2[O]C(=O)CCCCC(=O)[O]2)[O]1. The predicted octanol–water partition coefficient (Wildman–Crippen LogP) is 0.924. The molecule has 0 bridgehead atoms. The van der Waals surface area contributed by atoms with E-state index in [4.69, 9.17) is 16.9 Å². The van der Waals surface area contributed by atoms with Gasteiger partial charge < -0.3 is 0 Å². The minimum absolute atomic E-state index is 0.0790. The molecule has 0 saturated carbocycles. The summed E-state index contributed by atoms with van der Waals surface area (Å²) in [7, 11) is 0. The molecule has 0 aromatic rings. The van der Waals surface area contributed by atoms with E-state index in [9.17, 15) is 28.8 Å².